The fourth-order valence-corrected chi connectivity index (χ4v) is 3.36. The van der Waals surface area contributed by atoms with E-state index in [1.165, 1.54) is 24.9 Å². The maximum atomic E-state index is 10.0. The minimum Gasteiger partial charge on any atom is -0.393 e. The molecule has 1 unspecified atom stereocenters. The molecule has 0 fully saturated rings. The van der Waals surface area contributed by atoms with Crippen LogP contribution in [0.4, 0.5) is 11.6 Å². The maximum Gasteiger partial charge on any atom is 0.156 e. The molecule has 0 aliphatic rings. The van der Waals surface area contributed by atoms with Crippen molar-refractivity contribution in [2.45, 2.75) is 18.9 Å². The number of anilines is 2. The lowest BCUT2D eigenvalue weighted by Crippen LogP contribution is -2.27. The van der Waals surface area contributed by atoms with E-state index in [4.69, 9.17) is 0 Å². The highest BCUT2D eigenvalue weighted by atomic mass is 16.3. The summed E-state index contributed by atoms with van der Waals surface area (Å²) >= 11 is 0. The van der Waals surface area contributed by atoms with Crippen LogP contribution in [0.25, 0.3) is 10.8 Å². The van der Waals surface area contributed by atoms with E-state index in [2.05, 4.69) is 49.0 Å². The van der Waals surface area contributed by atoms with E-state index in [1.54, 1.807) is 0 Å². The molecule has 0 radical (unpaired) electrons. The summed E-state index contributed by atoms with van der Waals surface area (Å²) in [6, 6.07) is 18.4. The first-order valence-electron chi connectivity index (χ1n) is 10.5. The molecule has 1 atom stereocenters. The van der Waals surface area contributed by atoms with E-state index < -0.39 is 12.2 Å². The predicted octanol–water partition coefficient (Wildman–Crippen LogP) is 2.73. The van der Waals surface area contributed by atoms with E-state index >= 15 is 0 Å². The molecule has 0 aliphatic carbocycles. The minimum absolute atomic E-state index is 0.320. The molecule has 2 aromatic carbocycles. The van der Waals surface area contributed by atoms with Crippen LogP contribution < -0.4 is 10.6 Å². The average Bonchev–Trinajstić information content (AvgIpc) is 2.84. The Balaban J connectivity index is 1.39. The van der Waals surface area contributed by atoms with E-state index in [-0.39, 0.29) is 0 Å². The lowest BCUT2D eigenvalue weighted by molar-refractivity contribution is -0.00612. The molecule has 0 saturated heterocycles. The molecule has 4 N–H and O–H groups in total. The Bertz CT molecular complexity index is 1170. The normalized spacial score (nSPS) is 13.0. The van der Waals surface area contributed by atoms with Gasteiger partial charge in [0.15, 0.2) is 5.82 Å². The van der Waals surface area contributed by atoms with Crippen LogP contribution in [0.1, 0.15) is 23.9 Å². The average molecular weight is 431 g/mol. The molecular weight excluding hydrogens is 404 g/mol. The van der Waals surface area contributed by atoms with Crippen molar-refractivity contribution in [2.75, 3.05) is 30.3 Å². The van der Waals surface area contributed by atoms with Gasteiger partial charge in [-0.15, -0.1) is 5.10 Å². The molecular formula is C24H26N6O2. The quantitative estimate of drug-likeness (QED) is 0.300. The third kappa shape index (κ3) is 4.99. The van der Waals surface area contributed by atoms with Gasteiger partial charge in [-0.3, -0.25) is 4.98 Å². The summed E-state index contributed by atoms with van der Waals surface area (Å²) in [7, 11) is 0. The zero-order valence-corrected chi connectivity index (χ0v) is 17.9. The number of hydrogen-bond acceptors (Lipinski definition) is 8. The summed E-state index contributed by atoms with van der Waals surface area (Å²) in [6.45, 7) is 2.27. The van der Waals surface area contributed by atoms with Crippen molar-refractivity contribution in [3.63, 3.8) is 0 Å². The van der Waals surface area contributed by atoms with Crippen LogP contribution in [-0.2, 0) is 12.0 Å². The topological polar surface area (TPSA) is 116 Å². The zero-order valence-electron chi connectivity index (χ0n) is 17.9. The van der Waals surface area contributed by atoms with Gasteiger partial charge in [-0.05, 0) is 12.5 Å². The Morgan fingerprint density at radius 1 is 0.844 bits per heavy atom. The number of aliphatic hydroxyl groups is 2. The van der Waals surface area contributed by atoms with Gasteiger partial charge >= 0.3 is 0 Å². The summed E-state index contributed by atoms with van der Waals surface area (Å²) in [5, 5.41) is 36.8. The lowest BCUT2D eigenvalue weighted by atomic mass is 10.0. The van der Waals surface area contributed by atoms with E-state index in [0.717, 1.165) is 28.7 Å². The summed E-state index contributed by atoms with van der Waals surface area (Å²) in [5.41, 5.74) is 1.06. The second kappa shape index (κ2) is 9.67. The molecule has 164 valence electrons. The van der Waals surface area contributed by atoms with Gasteiger partial charge in [0.05, 0.1) is 30.4 Å². The highest BCUT2D eigenvalue weighted by molar-refractivity contribution is 5.93. The molecule has 32 heavy (non-hydrogen) atoms. The molecule has 2 aromatic heterocycles. The number of aliphatic hydroxyl groups excluding tert-OH is 1. The number of nitrogens with zero attached hydrogens (tertiary/aromatic N) is 4. The van der Waals surface area contributed by atoms with Crippen molar-refractivity contribution in [3.05, 3.63) is 83.9 Å². The number of hydrogen-bond donors (Lipinski definition) is 4. The molecule has 0 aliphatic heterocycles. The molecule has 4 rings (SSSR count). The van der Waals surface area contributed by atoms with Gasteiger partial charge < -0.3 is 20.8 Å². The first kappa shape index (κ1) is 21.6. The van der Waals surface area contributed by atoms with Crippen LogP contribution in [0, 0.1) is 0 Å². The van der Waals surface area contributed by atoms with Crippen LogP contribution in [0.15, 0.2) is 67.0 Å². The number of benzene rings is 2. The molecule has 4 aromatic rings. The van der Waals surface area contributed by atoms with E-state index in [0.29, 0.717) is 24.6 Å². The molecule has 0 spiro atoms. The van der Waals surface area contributed by atoms with Gasteiger partial charge in [0.1, 0.15) is 11.4 Å². The molecule has 0 amide bonds. The SMILES string of the molecule is CC(O)(CO)c1cnc(NCCNc2nnc(Cc3ccccc3)c3ccccc23)cn1. The summed E-state index contributed by atoms with van der Waals surface area (Å²) in [6.07, 6.45) is 3.72. The van der Waals surface area contributed by atoms with E-state index in [9.17, 15) is 10.2 Å². The van der Waals surface area contributed by atoms with Crippen LogP contribution in [-0.4, -0.2) is 50.1 Å². The molecule has 0 saturated carbocycles. The fourth-order valence-electron chi connectivity index (χ4n) is 3.36. The lowest BCUT2D eigenvalue weighted by Gasteiger charge is -2.19. The smallest absolute Gasteiger partial charge is 0.156 e. The summed E-state index contributed by atoms with van der Waals surface area (Å²) in [4.78, 5) is 8.40. The molecule has 8 nitrogen and oxygen atoms in total. The predicted molar refractivity (Wildman–Crippen MR) is 124 cm³/mol. The number of nitrogens with one attached hydrogen (secondary N) is 2. The van der Waals surface area contributed by atoms with Crippen LogP contribution in [0.5, 0.6) is 0 Å². The molecule has 0 bridgehead atoms. The fraction of sp³-hybridized carbons (Fsp3) is 0.250. The third-order valence-corrected chi connectivity index (χ3v) is 5.21. The van der Waals surface area contributed by atoms with Crippen LogP contribution in [0.2, 0.25) is 0 Å². The van der Waals surface area contributed by atoms with Crippen LogP contribution >= 0.6 is 0 Å². The largest absolute Gasteiger partial charge is 0.393 e. The van der Waals surface area contributed by atoms with Gasteiger partial charge in [-0.25, -0.2) is 4.98 Å². The second-order valence-corrected chi connectivity index (χ2v) is 7.78. The standard InChI is InChI=1S/C24H26N6O2/c1-24(32,16-31)21-14-28-22(15-27-21)25-11-12-26-23-19-10-6-5-9-18(19)20(29-30-23)13-17-7-3-2-4-8-17/h2-10,14-15,31-32H,11-13,16H2,1H3,(H,25,28)(H,26,30). The Labute approximate surface area is 186 Å². The highest BCUT2D eigenvalue weighted by Crippen LogP contribution is 2.24. The van der Waals surface area contributed by atoms with Crippen molar-refractivity contribution < 1.29 is 10.2 Å². The van der Waals surface area contributed by atoms with Crippen LogP contribution in [0.3, 0.4) is 0 Å². The van der Waals surface area contributed by atoms with Gasteiger partial charge in [-0.1, -0.05) is 54.6 Å². The van der Waals surface area contributed by atoms with E-state index in [1.807, 2.05) is 36.4 Å². The zero-order chi connectivity index (χ0) is 22.4. The third-order valence-electron chi connectivity index (χ3n) is 5.21. The minimum atomic E-state index is -1.40. The Morgan fingerprint density at radius 3 is 2.28 bits per heavy atom. The number of aromatic nitrogens is 4. The highest BCUT2D eigenvalue weighted by Gasteiger charge is 2.23. The van der Waals surface area contributed by atoms with Gasteiger partial charge in [0, 0.05) is 30.3 Å². The Morgan fingerprint density at radius 2 is 1.56 bits per heavy atom. The van der Waals surface area contributed by atoms with Crippen molar-refractivity contribution in [1.29, 1.82) is 0 Å². The van der Waals surface area contributed by atoms with Crippen molar-refractivity contribution in [2.24, 2.45) is 0 Å². The number of fused-ring (bicyclic) bond motifs is 1. The van der Waals surface area contributed by atoms with Gasteiger partial charge in [0.25, 0.3) is 0 Å². The van der Waals surface area contributed by atoms with Crippen molar-refractivity contribution >= 4 is 22.4 Å². The Hall–Kier alpha value is -3.62. The second-order valence-electron chi connectivity index (χ2n) is 7.78. The van der Waals surface area contributed by atoms with Gasteiger partial charge in [0.2, 0.25) is 0 Å². The monoisotopic (exact) mass is 430 g/mol. The Kier molecular flexibility index (Phi) is 6.53. The first-order chi connectivity index (χ1) is 15.6. The van der Waals surface area contributed by atoms with Crippen molar-refractivity contribution in [3.8, 4) is 0 Å². The molecule has 8 heteroatoms. The van der Waals surface area contributed by atoms with Crippen molar-refractivity contribution in [1.82, 2.24) is 20.2 Å². The van der Waals surface area contributed by atoms with Gasteiger partial charge in [-0.2, -0.15) is 5.10 Å². The molecule has 2 heterocycles. The summed E-state index contributed by atoms with van der Waals surface area (Å²) in [5.74, 6) is 1.32. The first-order valence-corrected chi connectivity index (χ1v) is 10.5. The maximum absolute atomic E-state index is 10.0. The number of rotatable bonds is 9. The summed E-state index contributed by atoms with van der Waals surface area (Å²) < 4.78 is 0.